The average Bonchev–Trinajstić information content (AvgIpc) is 1.88. The molecule has 4 N–H and O–H groups in total. The molecule has 0 atom stereocenters. The summed E-state index contributed by atoms with van der Waals surface area (Å²) in [5, 5.41) is 0. The van der Waals surface area contributed by atoms with E-state index in [2.05, 4.69) is 22.6 Å². The molecule has 0 aliphatic carbocycles. The standard InChI is InChI=1S/C7H11IN2/c1-6(9)7(10)4-2-3-5-8/h2-5H,9-10H2,1H3/b4-2-,5-3-,7-6-. The minimum Gasteiger partial charge on any atom is -0.401 e. The lowest BCUT2D eigenvalue weighted by Crippen LogP contribution is -2.03. The SMILES string of the molecule is C\C(N)=C(N)/C=C\C=C/I. The Balaban J connectivity index is 4.03. The van der Waals surface area contributed by atoms with Gasteiger partial charge >= 0.3 is 0 Å². The first-order chi connectivity index (χ1) is 4.68. The first-order valence-corrected chi connectivity index (χ1v) is 4.08. The molecule has 0 amide bonds. The highest BCUT2D eigenvalue weighted by molar-refractivity contribution is 14.1. The second-order valence-corrected chi connectivity index (χ2v) is 2.54. The van der Waals surface area contributed by atoms with Crippen LogP contribution in [0.2, 0.25) is 0 Å². The molecule has 10 heavy (non-hydrogen) atoms. The Bertz CT molecular complexity index is 176. The molecule has 0 aromatic carbocycles. The van der Waals surface area contributed by atoms with E-state index in [-0.39, 0.29) is 0 Å². The molecule has 2 nitrogen and oxygen atoms in total. The normalized spacial score (nSPS) is 14.6. The molecule has 0 heterocycles. The molecule has 0 aromatic rings. The van der Waals surface area contributed by atoms with Gasteiger partial charge in [0, 0.05) is 5.70 Å². The molecule has 3 heteroatoms. The summed E-state index contributed by atoms with van der Waals surface area (Å²) in [6.07, 6.45) is 5.50. The number of hydrogen-bond acceptors (Lipinski definition) is 2. The van der Waals surface area contributed by atoms with E-state index in [1.54, 1.807) is 13.0 Å². The highest BCUT2D eigenvalue weighted by Gasteiger charge is 1.82. The van der Waals surface area contributed by atoms with E-state index < -0.39 is 0 Å². The predicted octanol–water partition coefficient (Wildman–Crippen LogP) is 1.64. The van der Waals surface area contributed by atoms with E-state index in [1.807, 2.05) is 16.2 Å². The molecule has 0 rings (SSSR count). The zero-order valence-electron chi connectivity index (χ0n) is 5.84. The molecule has 0 radical (unpaired) electrons. The molecule has 0 aliphatic heterocycles. The molecule has 0 fully saturated rings. The minimum atomic E-state index is 0.620. The fourth-order valence-electron chi connectivity index (χ4n) is 0.333. The van der Waals surface area contributed by atoms with Crippen LogP contribution in [0.3, 0.4) is 0 Å². The second-order valence-electron chi connectivity index (χ2n) is 1.82. The van der Waals surface area contributed by atoms with Gasteiger partial charge < -0.3 is 11.5 Å². The largest absolute Gasteiger partial charge is 0.401 e. The highest BCUT2D eigenvalue weighted by Crippen LogP contribution is 1.92. The molecule has 0 spiro atoms. The van der Waals surface area contributed by atoms with Crippen LogP contribution in [-0.4, -0.2) is 0 Å². The molecule has 56 valence electrons. The van der Waals surface area contributed by atoms with Gasteiger partial charge in [-0.25, -0.2) is 0 Å². The van der Waals surface area contributed by atoms with Crippen LogP contribution in [0, 0.1) is 0 Å². The second kappa shape index (κ2) is 5.34. The van der Waals surface area contributed by atoms with E-state index in [9.17, 15) is 0 Å². The van der Waals surface area contributed by atoms with Crippen LogP contribution in [-0.2, 0) is 0 Å². The van der Waals surface area contributed by atoms with Crippen LogP contribution < -0.4 is 11.5 Å². The van der Waals surface area contributed by atoms with Crippen molar-refractivity contribution in [2.75, 3.05) is 0 Å². The van der Waals surface area contributed by atoms with Crippen molar-refractivity contribution >= 4 is 22.6 Å². The first kappa shape index (κ1) is 9.55. The van der Waals surface area contributed by atoms with Gasteiger partial charge in [-0.15, -0.1) is 0 Å². The maximum absolute atomic E-state index is 5.49. The Morgan fingerprint density at radius 3 is 2.30 bits per heavy atom. The maximum atomic E-state index is 5.49. The van der Waals surface area contributed by atoms with Gasteiger partial charge in [-0.3, -0.25) is 0 Å². The lowest BCUT2D eigenvalue weighted by Gasteiger charge is -1.93. The Morgan fingerprint density at radius 1 is 1.30 bits per heavy atom. The molecule has 0 unspecified atom stereocenters. The van der Waals surface area contributed by atoms with Crippen molar-refractivity contribution in [3.8, 4) is 0 Å². The van der Waals surface area contributed by atoms with Crippen LogP contribution in [0.5, 0.6) is 0 Å². The summed E-state index contributed by atoms with van der Waals surface area (Å²) in [6, 6.07) is 0. The zero-order chi connectivity index (χ0) is 7.98. The molecule has 0 saturated carbocycles. The third-order valence-corrected chi connectivity index (χ3v) is 1.33. The topological polar surface area (TPSA) is 52.0 Å². The smallest absolute Gasteiger partial charge is 0.0501 e. The van der Waals surface area contributed by atoms with Gasteiger partial charge in [0.05, 0.1) is 5.70 Å². The summed E-state index contributed by atoms with van der Waals surface area (Å²) >= 11 is 2.13. The Hall–Kier alpha value is -0.450. The number of hydrogen-bond donors (Lipinski definition) is 2. The lowest BCUT2D eigenvalue weighted by molar-refractivity contribution is 1.21. The summed E-state index contributed by atoms with van der Waals surface area (Å²) in [5.41, 5.74) is 12.2. The van der Waals surface area contributed by atoms with Gasteiger partial charge in [0.2, 0.25) is 0 Å². The van der Waals surface area contributed by atoms with Crippen LogP contribution in [0.25, 0.3) is 0 Å². The quantitative estimate of drug-likeness (QED) is 0.578. The fourth-order valence-corrected chi connectivity index (χ4v) is 0.572. The van der Waals surface area contributed by atoms with Crippen molar-refractivity contribution in [3.63, 3.8) is 0 Å². The third-order valence-electron chi connectivity index (χ3n) is 0.915. The summed E-state index contributed by atoms with van der Waals surface area (Å²) in [5.74, 6) is 0. The Kier molecular flexibility index (Phi) is 5.10. The van der Waals surface area contributed by atoms with Gasteiger partial charge in [-0.1, -0.05) is 34.7 Å². The predicted molar refractivity (Wildman–Crippen MR) is 53.4 cm³/mol. The van der Waals surface area contributed by atoms with E-state index >= 15 is 0 Å². The number of halogens is 1. The van der Waals surface area contributed by atoms with Crippen LogP contribution in [0.1, 0.15) is 6.92 Å². The maximum Gasteiger partial charge on any atom is 0.0501 e. The number of rotatable bonds is 2. The van der Waals surface area contributed by atoms with E-state index in [1.165, 1.54) is 0 Å². The minimum absolute atomic E-state index is 0.620. The van der Waals surface area contributed by atoms with Crippen molar-refractivity contribution in [1.82, 2.24) is 0 Å². The zero-order valence-corrected chi connectivity index (χ0v) is 8.00. The molecule has 0 saturated heterocycles. The molecular formula is C7H11IN2. The van der Waals surface area contributed by atoms with Crippen molar-refractivity contribution < 1.29 is 0 Å². The monoisotopic (exact) mass is 250 g/mol. The van der Waals surface area contributed by atoms with Crippen molar-refractivity contribution in [1.29, 1.82) is 0 Å². The van der Waals surface area contributed by atoms with Crippen molar-refractivity contribution in [2.24, 2.45) is 11.5 Å². The summed E-state index contributed by atoms with van der Waals surface area (Å²) in [4.78, 5) is 0. The summed E-state index contributed by atoms with van der Waals surface area (Å²) in [7, 11) is 0. The van der Waals surface area contributed by atoms with Crippen LogP contribution in [0.15, 0.2) is 33.7 Å². The first-order valence-electron chi connectivity index (χ1n) is 2.83. The van der Waals surface area contributed by atoms with Gasteiger partial charge in [-0.2, -0.15) is 0 Å². The van der Waals surface area contributed by atoms with Gasteiger partial charge in [0.1, 0.15) is 0 Å². The van der Waals surface area contributed by atoms with Gasteiger partial charge in [-0.05, 0) is 17.1 Å². The lowest BCUT2D eigenvalue weighted by atomic mass is 10.3. The molecule has 0 aromatic heterocycles. The van der Waals surface area contributed by atoms with Gasteiger partial charge in [0.25, 0.3) is 0 Å². The average molecular weight is 250 g/mol. The third kappa shape index (κ3) is 4.43. The van der Waals surface area contributed by atoms with Crippen LogP contribution in [0.4, 0.5) is 0 Å². The number of allylic oxidation sites excluding steroid dienone is 4. The van der Waals surface area contributed by atoms with E-state index in [0.29, 0.717) is 11.4 Å². The van der Waals surface area contributed by atoms with E-state index in [0.717, 1.165) is 0 Å². The summed E-state index contributed by atoms with van der Waals surface area (Å²) < 4.78 is 1.90. The fraction of sp³-hybridized carbons (Fsp3) is 0.143. The Morgan fingerprint density at radius 2 is 1.90 bits per heavy atom. The van der Waals surface area contributed by atoms with Crippen molar-refractivity contribution in [2.45, 2.75) is 6.92 Å². The molecule has 0 bridgehead atoms. The van der Waals surface area contributed by atoms with E-state index in [4.69, 9.17) is 11.5 Å². The molecule has 0 aliphatic rings. The highest BCUT2D eigenvalue weighted by atomic mass is 127. The van der Waals surface area contributed by atoms with Crippen LogP contribution >= 0.6 is 22.6 Å². The summed E-state index contributed by atoms with van der Waals surface area (Å²) in [6.45, 7) is 1.77. The van der Waals surface area contributed by atoms with Crippen molar-refractivity contribution in [3.05, 3.63) is 33.7 Å². The van der Waals surface area contributed by atoms with Gasteiger partial charge in [0.15, 0.2) is 0 Å². The molecular weight excluding hydrogens is 239 g/mol. The number of nitrogens with two attached hydrogens (primary N) is 2. The Labute approximate surface area is 74.8 Å².